The SMILES string of the molecule is CCC(CC)C(CNS(=O)(=O)CBr)N(C)C. The molecule has 0 aromatic rings. The zero-order chi connectivity index (χ0) is 12.8. The molecule has 6 heteroatoms. The summed E-state index contributed by atoms with van der Waals surface area (Å²) in [5, 5.41) is 0. The topological polar surface area (TPSA) is 49.4 Å². The van der Waals surface area contributed by atoms with Crippen LogP contribution in [-0.2, 0) is 10.0 Å². The minimum atomic E-state index is -3.16. The van der Waals surface area contributed by atoms with E-state index in [1.165, 1.54) is 0 Å². The van der Waals surface area contributed by atoms with Gasteiger partial charge in [-0.05, 0) is 20.0 Å². The Balaban J connectivity index is 4.46. The molecule has 0 radical (unpaired) electrons. The maximum Gasteiger partial charge on any atom is 0.221 e. The lowest BCUT2D eigenvalue weighted by atomic mass is 9.93. The van der Waals surface area contributed by atoms with Crippen LogP contribution in [-0.4, -0.2) is 44.7 Å². The number of hydrogen-bond donors (Lipinski definition) is 1. The number of nitrogens with one attached hydrogen (secondary N) is 1. The number of hydrogen-bond acceptors (Lipinski definition) is 3. The molecule has 1 unspecified atom stereocenters. The first-order valence-corrected chi connectivity index (χ1v) is 8.35. The van der Waals surface area contributed by atoms with Crippen LogP contribution in [0.1, 0.15) is 26.7 Å². The molecule has 0 amide bonds. The van der Waals surface area contributed by atoms with Gasteiger partial charge in [0.05, 0.1) is 0 Å². The third-order valence-electron chi connectivity index (χ3n) is 2.91. The number of rotatable bonds is 8. The van der Waals surface area contributed by atoms with Gasteiger partial charge < -0.3 is 4.90 Å². The normalized spacial score (nSPS) is 14.7. The van der Waals surface area contributed by atoms with Crippen LogP contribution in [0.2, 0.25) is 0 Å². The Morgan fingerprint density at radius 3 is 2.06 bits per heavy atom. The van der Waals surface area contributed by atoms with Crippen molar-refractivity contribution in [1.29, 1.82) is 0 Å². The molecular weight excluding hydrogens is 292 g/mol. The summed E-state index contributed by atoms with van der Waals surface area (Å²) in [5.74, 6) is 0.521. The second kappa shape index (κ2) is 7.63. The number of likely N-dealkylation sites (N-methyl/N-ethyl adjacent to an activating group) is 1. The van der Waals surface area contributed by atoms with E-state index in [9.17, 15) is 8.42 Å². The van der Waals surface area contributed by atoms with E-state index in [0.29, 0.717) is 12.5 Å². The molecule has 0 aromatic heterocycles. The molecule has 0 fully saturated rings. The molecular formula is C10H23BrN2O2S. The van der Waals surface area contributed by atoms with E-state index < -0.39 is 10.0 Å². The molecule has 0 aromatic carbocycles. The molecule has 0 rings (SSSR count). The molecule has 16 heavy (non-hydrogen) atoms. The number of alkyl halides is 1. The quantitative estimate of drug-likeness (QED) is 0.693. The molecule has 98 valence electrons. The largest absolute Gasteiger partial charge is 0.305 e. The summed E-state index contributed by atoms with van der Waals surface area (Å²) in [5.41, 5.74) is 0. The maximum absolute atomic E-state index is 11.3. The Kier molecular flexibility index (Phi) is 7.80. The van der Waals surface area contributed by atoms with E-state index in [1.807, 2.05) is 14.1 Å². The monoisotopic (exact) mass is 314 g/mol. The van der Waals surface area contributed by atoms with Crippen molar-refractivity contribution in [2.24, 2.45) is 5.92 Å². The summed E-state index contributed by atoms with van der Waals surface area (Å²) in [6.07, 6.45) is 2.13. The number of halogens is 1. The Morgan fingerprint density at radius 1 is 1.25 bits per heavy atom. The lowest BCUT2D eigenvalue weighted by Gasteiger charge is -2.31. The van der Waals surface area contributed by atoms with Crippen LogP contribution in [0.5, 0.6) is 0 Å². The van der Waals surface area contributed by atoms with Gasteiger partial charge in [0, 0.05) is 12.6 Å². The number of sulfonamides is 1. The van der Waals surface area contributed by atoms with Crippen molar-refractivity contribution in [3.05, 3.63) is 0 Å². The summed E-state index contributed by atoms with van der Waals surface area (Å²) in [7, 11) is 0.825. The lowest BCUT2D eigenvalue weighted by Crippen LogP contribution is -2.44. The first-order chi connectivity index (χ1) is 7.37. The fourth-order valence-corrected chi connectivity index (χ4v) is 2.84. The Bertz CT molecular complexity index is 277. The van der Waals surface area contributed by atoms with Crippen LogP contribution < -0.4 is 4.72 Å². The zero-order valence-electron chi connectivity index (χ0n) is 10.5. The first-order valence-electron chi connectivity index (χ1n) is 5.57. The van der Waals surface area contributed by atoms with Crippen molar-refractivity contribution in [3.8, 4) is 0 Å². The van der Waals surface area contributed by atoms with Crippen molar-refractivity contribution in [1.82, 2.24) is 9.62 Å². The van der Waals surface area contributed by atoms with Crippen molar-refractivity contribution < 1.29 is 8.42 Å². The van der Waals surface area contributed by atoms with Crippen LogP contribution in [0, 0.1) is 5.92 Å². The van der Waals surface area contributed by atoms with Gasteiger partial charge in [-0.1, -0.05) is 42.6 Å². The second-order valence-corrected chi connectivity index (χ2v) is 7.29. The molecule has 0 bridgehead atoms. The van der Waals surface area contributed by atoms with Crippen LogP contribution in [0.4, 0.5) is 0 Å². The number of nitrogens with zero attached hydrogens (tertiary/aromatic N) is 1. The molecule has 1 N–H and O–H groups in total. The van der Waals surface area contributed by atoms with Gasteiger partial charge in [0.25, 0.3) is 0 Å². The van der Waals surface area contributed by atoms with Gasteiger partial charge >= 0.3 is 0 Å². The van der Waals surface area contributed by atoms with E-state index in [1.54, 1.807) is 0 Å². The van der Waals surface area contributed by atoms with Crippen LogP contribution >= 0.6 is 15.9 Å². The van der Waals surface area contributed by atoms with Gasteiger partial charge in [-0.15, -0.1) is 0 Å². The standard InChI is InChI=1S/C10H23BrN2O2S/c1-5-9(6-2)10(13(3)4)7-12-16(14,15)8-11/h9-10,12H,5-8H2,1-4H3. The molecule has 0 aliphatic carbocycles. The fourth-order valence-electron chi connectivity index (χ4n) is 1.85. The summed E-state index contributed by atoms with van der Waals surface area (Å²) in [6.45, 7) is 4.76. The average Bonchev–Trinajstić information content (AvgIpc) is 2.23. The van der Waals surface area contributed by atoms with Crippen molar-refractivity contribution in [2.45, 2.75) is 32.7 Å². The minimum Gasteiger partial charge on any atom is -0.305 e. The predicted molar refractivity (Wildman–Crippen MR) is 72.3 cm³/mol. The smallest absolute Gasteiger partial charge is 0.221 e. The second-order valence-electron chi connectivity index (χ2n) is 4.18. The zero-order valence-corrected chi connectivity index (χ0v) is 12.9. The Hall–Kier alpha value is 0.350. The molecule has 4 nitrogen and oxygen atoms in total. The van der Waals surface area contributed by atoms with E-state index in [0.717, 1.165) is 12.8 Å². The first kappa shape index (κ1) is 16.4. The van der Waals surface area contributed by atoms with Gasteiger partial charge in [0.2, 0.25) is 10.0 Å². The molecule has 0 saturated heterocycles. The highest BCUT2D eigenvalue weighted by Gasteiger charge is 2.22. The highest BCUT2D eigenvalue weighted by molar-refractivity contribution is 9.10. The predicted octanol–water partition coefficient (Wildman–Crippen LogP) is 1.62. The summed E-state index contributed by atoms with van der Waals surface area (Å²) in [6, 6.07) is 0.254. The van der Waals surface area contributed by atoms with Gasteiger partial charge in [-0.2, -0.15) is 0 Å². The maximum atomic E-state index is 11.3. The molecule has 0 aliphatic heterocycles. The van der Waals surface area contributed by atoms with E-state index in [-0.39, 0.29) is 10.7 Å². The van der Waals surface area contributed by atoms with E-state index in [2.05, 4.69) is 39.4 Å². The molecule has 0 spiro atoms. The molecule has 0 heterocycles. The fraction of sp³-hybridized carbons (Fsp3) is 1.00. The van der Waals surface area contributed by atoms with E-state index >= 15 is 0 Å². The minimum absolute atomic E-state index is 0.0386. The van der Waals surface area contributed by atoms with E-state index in [4.69, 9.17) is 0 Å². The molecule has 0 aliphatic rings. The van der Waals surface area contributed by atoms with Crippen molar-refractivity contribution in [3.63, 3.8) is 0 Å². The van der Waals surface area contributed by atoms with Crippen molar-refractivity contribution >= 4 is 26.0 Å². The van der Waals surface area contributed by atoms with Crippen LogP contribution in [0.25, 0.3) is 0 Å². The average molecular weight is 315 g/mol. The summed E-state index contributed by atoms with van der Waals surface area (Å²) in [4.78, 5) is 2.09. The Labute approximate surface area is 108 Å². The van der Waals surface area contributed by atoms with Gasteiger partial charge in [-0.3, -0.25) is 0 Å². The van der Waals surface area contributed by atoms with Crippen molar-refractivity contribution in [2.75, 3.05) is 25.3 Å². The highest BCUT2D eigenvalue weighted by atomic mass is 79.9. The Morgan fingerprint density at radius 2 is 1.75 bits per heavy atom. The highest BCUT2D eigenvalue weighted by Crippen LogP contribution is 2.16. The summed E-state index contributed by atoms with van der Waals surface area (Å²) < 4.78 is 25.3. The third-order valence-corrected chi connectivity index (χ3v) is 5.61. The van der Waals surface area contributed by atoms with Crippen LogP contribution in [0.3, 0.4) is 0 Å². The molecule has 0 saturated carbocycles. The molecule has 1 atom stereocenters. The summed E-state index contributed by atoms with van der Waals surface area (Å²) >= 11 is 2.97. The van der Waals surface area contributed by atoms with Gasteiger partial charge in [-0.25, -0.2) is 13.1 Å². The van der Waals surface area contributed by atoms with Gasteiger partial charge in [0.15, 0.2) is 0 Å². The lowest BCUT2D eigenvalue weighted by molar-refractivity contribution is 0.201. The van der Waals surface area contributed by atoms with Gasteiger partial charge in [0.1, 0.15) is 4.66 Å². The third kappa shape index (κ3) is 5.61. The van der Waals surface area contributed by atoms with Crippen LogP contribution in [0.15, 0.2) is 0 Å².